The molecule has 5 nitrogen and oxygen atoms in total. The maximum atomic E-state index is 12.3. The second kappa shape index (κ2) is 6.54. The van der Waals surface area contributed by atoms with Gasteiger partial charge in [-0.15, -0.1) is 0 Å². The Balaban J connectivity index is 2.09. The first-order valence-corrected chi connectivity index (χ1v) is 7.07. The molecule has 2 N–H and O–H groups in total. The number of amides is 2. The molecule has 21 heavy (non-hydrogen) atoms. The number of nitrogens with zero attached hydrogens (tertiary/aromatic N) is 1. The van der Waals surface area contributed by atoms with E-state index in [0.717, 1.165) is 12.5 Å². The number of hydrogen-bond donors (Lipinski definition) is 2. The smallest absolute Gasteiger partial charge is 0.249 e. The number of hydrogen-bond acceptors (Lipinski definition) is 3. The first-order chi connectivity index (χ1) is 10.1. The Hall–Kier alpha value is -2.14. The Morgan fingerprint density at radius 1 is 1.43 bits per heavy atom. The number of carbonyl (C=O) groups excluding carboxylic acids is 2. The van der Waals surface area contributed by atoms with E-state index < -0.39 is 12.1 Å². The summed E-state index contributed by atoms with van der Waals surface area (Å²) in [6, 6.07) is 6.65. The molecule has 1 saturated heterocycles. The molecule has 1 heterocycles. The molecule has 1 aliphatic rings. The van der Waals surface area contributed by atoms with Gasteiger partial charge in [0.15, 0.2) is 0 Å². The Kier molecular flexibility index (Phi) is 4.75. The summed E-state index contributed by atoms with van der Waals surface area (Å²) in [6.45, 7) is 5.84. The van der Waals surface area contributed by atoms with Crippen LogP contribution in [0.5, 0.6) is 0 Å². The highest BCUT2D eigenvalue weighted by Crippen LogP contribution is 2.20. The minimum absolute atomic E-state index is 0.340. The highest BCUT2D eigenvalue weighted by Gasteiger charge is 2.40. The van der Waals surface area contributed by atoms with E-state index in [4.69, 9.17) is 0 Å². The average molecular weight is 288 g/mol. The van der Waals surface area contributed by atoms with Gasteiger partial charge in [-0.3, -0.25) is 9.59 Å². The average Bonchev–Trinajstić information content (AvgIpc) is 2.89. The SMILES string of the molecule is C=CC(=O)N1CC[C@@H](O)[C@H]1C(=O)Nc1ccc(CC)cc1. The van der Waals surface area contributed by atoms with Crippen LogP contribution in [-0.4, -0.2) is 40.5 Å². The summed E-state index contributed by atoms with van der Waals surface area (Å²) in [5, 5.41) is 12.7. The minimum atomic E-state index is -0.860. The number of aliphatic hydroxyl groups is 1. The maximum absolute atomic E-state index is 12.3. The second-order valence-corrected chi connectivity index (χ2v) is 5.08. The van der Waals surface area contributed by atoms with Gasteiger partial charge >= 0.3 is 0 Å². The van der Waals surface area contributed by atoms with Crippen molar-refractivity contribution in [2.24, 2.45) is 0 Å². The first kappa shape index (κ1) is 15.3. The lowest BCUT2D eigenvalue weighted by molar-refractivity contribution is -0.134. The van der Waals surface area contributed by atoms with Crippen LogP contribution in [0.15, 0.2) is 36.9 Å². The number of anilines is 1. The van der Waals surface area contributed by atoms with Crippen molar-refractivity contribution < 1.29 is 14.7 Å². The third kappa shape index (κ3) is 3.31. The molecule has 2 atom stereocenters. The number of benzene rings is 1. The van der Waals surface area contributed by atoms with Crippen LogP contribution in [-0.2, 0) is 16.0 Å². The van der Waals surface area contributed by atoms with E-state index in [1.54, 1.807) is 0 Å². The summed E-state index contributed by atoms with van der Waals surface area (Å²) in [5.74, 6) is -0.715. The van der Waals surface area contributed by atoms with E-state index >= 15 is 0 Å². The predicted molar refractivity (Wildman–Crippen MR) is 80.8 cm³/mol. The van der Waals surface area contributed by atoms with Crippen LogP contribution in [0.25, 0.3) is 0 Å². The molecule has 112 valence electrons. The largest absolute Gasteiger partial charge is 0.390 e. The van der Waals surface area contributed by atoms with Gasteiger partial charge in [0.05, 0.1) is 6.10 Å². The molecule has 1 fully saturated rings. The lowest BCUT2D eigenvalue weighted by atomic mass is 10.1. The monoisotopic (exact) mass is 288 g/mol. The summed E-state index contributed by atoms with van der Waals surface area (Å²) in [5.41, 5.74) is 1.83. The summed E-state index contributed by atoms with van der Waals surface area (Å²) in [6.07, 6.45) is 1.64. The zero-order valence-corrected chi connectivity index (χ0v) is 12.1. The fraction of sp³-hybridized carbons (Fsp3) is 0.375. The molecule has 0 bridgehead atoms. The topological polar surface area (TPSA) is 69.6 Å². The third-order valence-corrected chi connectivity index (χ3v) is 3.72. The molecule has 0 spiro atoms. The van der Waals surface area contributed by atoms with Crippen molar-refractivity contribution >= 4 is 17.5 Å². The molecule has 0 aromatic heterocycles. The first-order valence-electron chi connectivity index (χ1n) is 7.07. The van der Waals surface area contributed by atoms with Crippen LogP contribution >= 0.6 is 0 Å². The number of rotatable bonds is 4. The van der Waals surface area contributed by atoms with Gasteiger partial charge in [-0.2, -0.15) is 0 Å². The van der Waals surface area contributed by atoms with Gasteiger partial charge in [0, 0.05) is 12.2 Å². The fourth-order valence-corrected chi connectivity index (χ4v) is 2.50. The number of likely N-dealkylation sites (tertiary alicyclic amines) is 1. The van der Waals surface area contributed by atoms with E-state index in [2.05, 4.69) is 18.8 Å². The van der Waals surface area contributed by atoms with Crippen molar-refractivity contribution in [1.82, 2.24) is 4.90 Å². The van der Waals surface area contributed by atoms with E-state index in [1.807, 2.05) is 24.3 Å². The van der Waals surface area contributed by atoms with Crippen LogP contribution in [0.2, 0.25) is 0 Å². The van der Waals surface area contributed by atoms with Gasteiger partial charge in [0.2, 0.25) is 11.8 Å². The van der Waals surface area contributed by atoms with Crippen molar-refractivity contribution in [3.63, 3.8) is 0 Å². The van der Waals surface area contributed by atoms with Crippen LogP contribution in [0.1, 0.15) is 18.9 Å². The lowest BCUT2D eigenvalue weighted by Gasteiger charge is -2.24. The molecular formula is C16H20N2O3. The van der Waals surface area contributed by atoms with Gasteiger partial charge in [-0.05, 0) is 36.6 Å². The summed E-state index contributed by atoms with van der Waals surface area (Å²) >= 11 is 0. The number of nitrogens with one attached hydrogen (secondary N) is 1. The number of aryl methyl sites for hydroxylation is 1. The highest BCUT2D eigenvalue weighted by molar-refractivity contribution is 5.99. The van der Waals surface area contributed by atoms with Gasteiger partial charge in [-0.1, -0.05) is 25.6 Å². The van der Waals surface area contributed by atoms with Crippen molar-refractivity contribution in [2.75, 3.05) is 11.9 Å². The van der Waals surface area contributed by atoms with Gasteiger partial charge in [0.1, 0.15) is 6.04 Å². The molecule has 2 amide bonds. The Morgan fingerprint density at radius 2 is 2.10 bits per heavy atom. The molecule has 1 aliphatic heterocycles. The number of aliphatic hydroxyl groups excluding tert-OH is 1. The molecular weight excluding hydrogens is 268 g/mol. The molecule has 1 aromatic rings. The molecule has 1 aromatic carbocycles. The van der Waals surface area contributed by atoms with E-state index in [0.29, 0.717) is 18.7 Å². The van der Waals surface area contributed by atoms with Crippen LogP contribution in [0.4, 0.5) is 5.69 Å². The van der Waals surface area contributed by atoms with Crippen molar-refractivity contribution in [1.29, 1.82) is 0 Å². The zero-order valence-electron chi connectivity index (χ0n) is 12.1. The minimum Gasteiger partial charge on any atom is -0.390 e. The van der Waals surface area contributed by atoms with E-state index in [-0.39, 0.29) is 11.8 Å². The van der Waals surface area contributed by atoms with E-state index in [1.165, 1.54) is 10.5 Å². The normalized spacial score (nSPS) is 21.1. The second-order valence-electron chi connectivity index (χ2n) is 5.08. The predicted octanol–water partition coefficient (Wildman–Crippen LogP) is 1.34. The Morgan fingerprint density at radius 3 is 2.67 bits per heavy atom. The quantitative estimate of drug-likeness (QED) is 0.821. The Labute approximate surface area is 124 Å². The Bertz CT molecular complexity index is 539. The van der Waals surface area contributed by atoms with Gasteiger partial charge in [0.25, 0.3) is 0 Å². The summed E-state index contributed by atoms with van der Waals surface area (Å²) in [7, 11) is 0. The summed E-state index contributed by atoms with van der Waals surface area (Å²) in [4.78, 5) is 25.4. The molecule has 2 rings (SSSR count). The molecule has 0 radical (unpaired) electrons. The van der Waals surface area contributed by atoms with Crippen molar-refractivity contribution in [3.05, 3.63) is 42.5 Å². The molecule has 0 aliphatic carbocycles. The van der Waals surface area contributed by atoms with Gasteiger partial charge < -0.3 is 15.3 Å². The zero-order chi connectivity index (χ0) is 15.4. The van der Waals surface area contributed by atoms with E-state index in [9.17, 15) is 14.7 Å². The molecule has 0 unspecified atom stereocenters. The molecule has 0 saturated carbocycles. The molecule has 5 heteroatoms. The lowest BCUT2D eigenvalue weighted by Crippen LogP contribution is -2.47. The highest BCUT2D eigenvalue weighted by atomic mass is 16.3. The standard InChI is InChI=1S/C16H20N2O3/c1-3-11-5-7-12(8-6-11)17-16(21)15-13(19)9-10-18(15)14(20)4-2/h4-8,13,15,19H,2-3,9-10H2,1H3,(H,17,21)/t13-,15+/m1/s1. The van der Waals surface area contributed by atoms with Crippen molar-refractivity contribution in [2.45, 2.75) is 31.9 Å². The number of carbonyl (C=O) groups is 2. The van der Waals surface area contributed by atoms with Crippen LogP contribution < -0.4 is 5.32 Å². The summed E-state index contributed by atoms with van der Waals surface area (Å²) < 4.78 is 0. The van der Waals surface area contributed by atoms with Gasteiger partial charge in [-0.25, -0.2) is 0 Å². The van der Waals surface area contributed by atoms with Crippen LogP contribution in [0.3, 0.4) is 0 Å². The maximum Gasteiger partial charge on any atom is 0.249 e. The van der Waals surface area contributed by atoms with Crippen molar-refractivity contribution in [3.8, 4) is 0 Å². The van der Waals surface area contributed by atoms with Crippen LogP contribution in [0, 0.1) is 0 Å². The third-order valence-electron chi connectivity index (χ3n) is 3.72. The fourth-order valence-electron chi connectivity index (χ4n) is 2.50.